The van der Waals surface area contributed by atoms with Crippen LogP contribution in [0.4, 0.5) is 0 Å². The maximum Gasteiger partial charge on any atom is 0.261 e. The lowest BCUT2D eigenvalue weighted by Crippen LogP contribution is -2.69. The van der Waals surface area contributed by atoms with Gasteiger partial charge in [0.05, 0.1) is 30.5 Å². The number of epoxide rings is 1. The Labute approximate surface area is 187 Å². The number of rotatable bonds is 5. The molecule has 2 aromatic rings. The molecule has 1 saturated heterocycles. The Balaban J connectivity index is 1.81. The summed E-state index contributed by atoms with van der Waals surface area (Å²) < 4.78 is 13.0. The van der Waals surface area contributed by atoms with Gasteiger partial charge in [-0.25, -0.2) is 0 Å². The van der Waals surface area contributed by atoms with Crippen LogP contribution in [0.5, 0.6) is 0 Å². The van der Waals surface area contributed by atoms with Crippen LogP contribution >= 0.6 is 0 Å². The summed E-state index contributed by atoms with van der Waals surface area (Å²) in [5, 5.41) is 24.1. The van der Waals surface area contributed by atoms with Crippen molar-refractivity contribution in [2.45, 2.75) is 70.0 Å². The van der Waals surface area contributed by atoms with Gasteiger partial charge in [0.25, 0.3) is 8.32 Å². The minimum atomic E-state index is -2.73. The Bertz CT molecular complexity index is 836. The van der Waals surface area contributed by atoms with Gasteiger partial charge < -0.3 is 19.4 Å². The first-order valence-corrected chi connectivity index (χ1v) is 13.3. The average Bonchev–Trinajstić information content (AvgIpc) is 3.50. The Morgan fingerprint density at radius 1 is 0.935 bits per heavy atom. The van der Waals surface area contributed by atoms with Gasteiger partial charge in [-0.1, -0.05) is 88.4 Å². The first-order chi connectivity index (χ1) is 14.6. The van der Waals surface area contributed by atoms with Crippen LogP contribution in [0.1, 0.15) is 41.0 Å². The van der Waals surface area contributed by atoms with Crippen LogP contribution in [0.2, 0.25) is 5.04 Å². The highest BCUT2D eigenvalue weighted by Gasteiger charge is 2.58. The van der Waals surface area contributed by atoms with Crippen LogP contribution in [-0.2, 0) is 9.16 Å². The van der Waals surface area contributed by atoms with E-state index in [1.807, 2.05) is 26.0 Å². The lowest BCUT2D eigenvalue weighted by molar-refractivity contribution is -0.128. The summed E-state index contributed by atoms with van der Waals surface area (Å²) in [6.45, 7) is 11.5. The molecule has 2 aromatic carbocycles. The van der Waals surface area contributed by atoms with Gasteiger partial charge in [0, 0.05) is 11.8 Å². The first-order valence-electron chi connectivity index (χ1n) is 11.4. The molecule has 4 nitrogen and oxygen atoms in total. The van der Waals surface area contributed by atoms with E-state index in [2.05, 4.69) is 69.3 Å². The highest BCUT2D eigenvalue weighted by atomic mass is 28.4. The molecule has 168 valence electrons. The Morgan fingerprint density at radius 2 is 1.42 bits per heavy atom. The molecular formula is C26H36O4Si. The number of aliphatic hydroxyl groups excluding tert-OH is 2. The molecule has 0 radical (unpaired) electrons. The standard InChI is InChI=1S/C26H36O4Si/c1-18-22(16-21(24(28)23(18)27)26(5)17-29-26)30-31(25(2,3)4,19-12-8-6-9-13-19)20-14-10-7-11-15-20/h6-15,18,21-24,27-28H,16-17H2,1-5H3/t18-,21-,22-,23+,24-,26?/m0/s1. The predicted octanol–water partition coefficient (Wildman–Crippen LogP) is 3.10. The molecule has 6 atom stereocenters. The summed E-state index contributed by atoms with van der Waals surface area (Å²) in [5.74, 6) is -0.308. The summed E-state index contributed by atoms with van der Waals surface area (Å²) in [5.41, 5.74) is -0.367. The van der Waals surface area contributed by atoms with Gasteiger partial charge in [-0.15, -0.1) is 0 Å². The topological polar surface area (TPSA) is 62.2 Å². The largest absolute Gasteiger partial charge is 0.404 e. The quantitative estimate of drug-likeness (QED) is 0.554. The molecule has 4 rings (SSSR count). The third-order valence-electron chi connectivity index (χ3n) is 7.50. The molecule has 5 heteroatoms. The maximum absolute atomic E-state index is 10.9. The number of aliphatic hydroxyl groups is 2. The number of hydrogen-bond donors (Lipinski definition) is 2. The molecule has 31 heavy (non-hydrogen) atoms. The van der Waals surface area contributed by atoms with Crippen molar-refractivity contribution in [2.75, 3.05) is 6.61 Å². The summed E-state index contributed by atoms with van der Waals surface area (Å²) >= 11 is 0. The monoisotopic (exact) mass is 440 g/mol. The van der Waals surface area contributed by atoms with E-state index in [0.717, 1.165) is 0 Å². The minimum absolute atomic E-state index is 0.133. The third kappa shape index (κ3) is 3.91. The second kappa shape index (κ2) is 8.12. The zero-order valence-corrected chi connectivity index (χ0v) is 20.3. The molecule has 1 aliphatic carbocycles. The van der Waals surface area contributed by atoms with Crippen molar-refractivity contribution in [3.05, 3.63) is 60.7 Å². The Morgan fingerprint density at radius 3 is 1.84 bits per heavy atom. The van der Waals surface area contributed by atoms with Gasteiger partial charge in [-0.2, -0.15) is 0 Å². The molecule has 2 N–H and O–H groups in total. The number of benzene rings is 2. The predicted molar refractivity (Wildman–Crippen MR) is 126 cm³/mol. The molecule has 0 spiro atoms. The molecule has 2 aliphatic rings. The van der Waals surface area contributed by atoms with Gasteiger partial charge in [0.2, 0.25) is 0 Å². The van der Waals surface area contributed by atoms with Crippen LogP contribution in [-0.4, -0.2) is 49.1 Å². The molecule has 2 fully saturated rings. The highest BCUT2D eigenvalue weighted by Crippen LogP contribution is 2.47. The number of hydrogen-bond acceptors (Lipinski definition) is 4. The molecule has 1 aliphatic heterocycles. The average molecular weight is 441 g/mol. The second-order valence-corrected chi connectivity index (χ2v) is 14.9. The van der Waals surface area contributed by atoms with Crippen LogP contribution in [0.25, 0.3) is 0 Å². The SMILES string of the molecule is C[C@@H]1[C@@H](O)[C@@H](O)[C@@H](C2(C)CO2)C[C@@H]1O[Si](c1ccccc1)(c1ccccc1)C(C)(C)C. The van der Waals surface area contributed by atoms with Crippen molar-refractivity contribution in [1.82, 2.24) is 0 Å². The van der Waals surface area contributed by atoms with E-state index in [4.69, 9.17) is 9.16 Å². The maximum atomic E-state index is 10.9. The van der Waals surface area contributed by atoms with Crippen molar-refractivity contribution in [1.29, 1.82) is 0 Å². The lowest BCUT2D eigenvalue weighted by Gasteiger charge is -2.50. The molecule has 1 heterocycles. The number of ether oxygens (including phenoxy) is 1. The molecule has 1 unspecified atom stereocenters. The van der Waals surface area contributed by atoms with Crippen LogP contribution in [0.3, 0.4) is 0 Å². The summed E-state index contributed by atoms with van der Waals surface area (Å²) in [4.78, 5) is 0. The summed E-state index contributed by atoms with van der Waals surface area (Å²) in [6, 6.07) is 21.2. The smallest absolute Gasteiger partial charge is 0.261 e. The fourth-order valence-electron chi connectivity index (χ4n) is 5.39. The van der Waals surface area contributed by atoms with Crippen LogP contribution in [0, 0.1) is 11.8 Å². The molecule has 0 amide bonds. The van der Waals surface area contributed by atoms with E-state index in [1.165, 1.54) is 10.4 Å². The van der Waals surface area contributed by atoms with Crippen LogP contribution in [0.15, 0.2) is 60.7 Å². The fraction of sp³-hybridized carbons (Fsp3) is 0.538. The van der Waals surface area contributed by atoms with Crippen molar-refractivity contribution in [3.8, 4) is 0 Å². The molecular weight excluding hydrogens is 404 g/mol. The van der Waals surface area contributed by atoms with Gasteiger partial charge in [-0.3, -0.25) is 0 Å². The highest BCUT2D eigenvalue weighted by molar-refractivity contribution is 6.99. The van der Waals surface area contributed by atoms with E-state index in [1.54, 1.807) is 0 Å². The van der Waals surface area contributed by atoms with Crippen molar-refractivity contribution >= 4 is 18.7 Å². The molecule has 1 saturated carbocycles. The molecule has 0 aromatic heterocycles. The second-order valence-electron chi connectivity index (χ2n) is 10.6. The minimum Gasteiger partial charge on any atom is -0.404 e. The zero-order chi connectivity index (χ0) is 22.4. The van der Waals surface area contributed by atoms with E-state index in [-0.39, 0.29) is 28.6 Å². The fourth-order valence-corrected chi connectivity index (χ4v) is 10.2. The first kappa shape index (κ1) is 22.7. The molecule has 0 bridgehead atoms. The van der Waals surface area contributed by atoms with E-state index in [0.29, 0.717) is 13.0 Å². The lowest BCUT2D eigenvalue weighted by atomic mass is 9.71. The zero-order valence-electron chi connectivity index (χ0n) is 19.3. The van der Waals surface area contributed by atoms with E-state index >= 15 is 0 Å². The van der Waals surface area contributed by atoms with Gasteiger partial charge in [0.15, 0.2) is 0 Å². The Kier molecular flexibility index (Phi) is 5.94. The normalized spacial score (nSPS) is 33.8. The van der Waals surface area contributed by atoms with Gasteiger partial charge in [0.1, 0.15) is 0 Å². The van der Waals surface area contributed by atoms with Gasteiger partial charge in [-0.05, 0) is 28.8 Å². The summed E-state index contributed by atoms with van der Waals surface area (Å²) in [7, 11) is -2.73. The van der Waals surface area contributed by atoms with Crippen molar-refractivity contribution < 1.29 is 19.4 Å². The summed E-state index contributed by atoms with van der Waals surface area (Å²) in [6.07, 6.45) is -1.11. The van der Waals surface area contributed by atoms with Gasteiger partial charge >= 0.3 is 0 Å². The van der Waals surface area contributed by atoms with E-state index in [9.17, 15) is 10.2 Å². The van der Waals surface area contributed by atoms with E-state index < -0.39 is 20.5 Å². The van der Waals surface area contributed by atoms with Crippen LogP contribution < -0.4 is 10.4 Å². The Hall–Kier alpha value is -1.50. The van der Waals surface area contributed by atoms with Crippen molar-refractivity contribution in [3.63, 3.8) is 0 Å². The third-order valence-corrected chi connectivity index (χ3v) is 12.6. The van der Waals surface area contributed by atoms with Crippen molar-refractivity contribution in [2.24, 2.45) is 11.8 Å².